The molecule has 3 fully saturated rings. The molecule has 0 radical (unpaired) electrons. The number of aryl methyl sites for hydroxylation is 2. The van der Waals surface area contributed by atoms with E-state index < -0.39 is 12.0 Å². The van der Waals surface area contributed by atoms with Gasteiger partial charge in [-0.1, -0.05) is 17.2 Å². The van der Waals surface area contributed by atoms with Gasteiger partial charge in [-0.05, 0) is 82.6 Å². The van der Waals surface area contributed by atoms with Crippen molar-refractivity contribution in [2.75, 3.05) is 0 Å². The molecule has 3 aliphatic rings. The summed E-state index contributed by atoms with van der Waals surface area (Å²) in [6.45, 7) is 9.71. The SMILES string of the molecule is CC(C)=C1[C@H]2CC[C@H]1[C@H]1C(=O)N(NC(=O)[C@H](C)Oc3ccc(C)c(C)c3)C(=O)[C@H]12. The van der Waals surface area contributed by atoms with E-state index in [0.29, 0.717) is 5.75 Å². The summed E-state index contributed by atoms with van der Waals surface area (Å²) >= 11 is 0. The molecule has 5 atom stereocenters. The number of ether oxygens (including phenoxy) is 1. The lowest BCUT2D eigenvalue weighted by Crippen LogP contribution is -2.51. The van der Waals surface area contributed by atoms with Crippen molar-refractivity contribution in [3.05, 3.63) is 40.5 Å². The third kappa shape index (κ3) is 3.05. The van der Waals surface area contributed by atoms with E-state index in [9.17, 15) is 14.4 Å². The fourth-order valence-electron chi connectivity index (χ4n) is 5.35. The monoisotopic (exact) mass is 396 g/mol. The van der Waals surface area contributed by atoms with Crippen LogP contribution in [0.1, 0.15) is 44.7 Å². The lowest BCUT2D eigenvalue weighted by Gasteiger charge is -2.22. The van der Waals surface area contributed by atoms with Crippen molar-refractivity contribution in [1.29, 1.82) is 0 Å². The van der Waals surface area contributed by atoms with Crippen LogP contribution in [0.5, 0.6) is 5.75 Å². The van der Waals surface area contributed by atoms with Gasteiger partial charge in [-0.2, -0.15) is 5.01 Å². The summed E-state index contributed by atoms with van der Waals surface area (Å²) in [4.78, 5) is 38.6. The zero-order valence-electron chi connectivity index (χ0n) is 17.6. The molecule has 1 N–H and O–H groups in total. The Morgan fingerprint density at radius 1 is 1.07 bits per heavy atom. The fraction of sp³-hybridized carbons (Fsp3) is 0.522. The number of hydrogen-bond donors (Lipinski definition) is 1. The number of hydrazine groups is 1. The molecule has 1 saturated heterocycles. The fourth-order valence-corrected chi connectivity index (χ4v) is 5.35. The van der Waals surface area contributed by atoms with Crippen molar-refractivity contribution in [2.45, 2.75) is 53.6 Å². The standard InChI is InChI=1S/C23H28N2O4/c1-11(2)18-16-8-9-17(18)20-19(16)22(27)25(23(20)28)24-21(26)14(5)29-15-7-6-12(3)13(4)10-15/h6-7,10,14,16-17,19-20H,8-9H2,1-5H3,(H,24,26)/t14-,16+,17+,19-,20+/m0/s1. The van der Waals surface area contributed by atoms with E-state index in [1.54, 1.807) is 13.0 Å². The van der Waals surface area contributed by atoms with Gasteiger partial charge < -0.3 is 4.74 Å². The van der Waals surface area contributed by atoms with Gasteiger partial charge in [0.2, 0.25) is 0 Å². The summed E-state index contributed by atoms with van der Waals surface area (Å²) in [5, 5.41) is 0.949. The third-order valence-corrected chi connectivity index (χ3v) is 6.81. The minimum Gasteiger partial charge on any atom is -0.481 e. The lowest BCUT2D eigenvalue weighted by molar-refractivity contribution is -0.151. The number of imide groups is 1. The summed E-state index contributed by atoms with van der Waals surface area (Å²) in [5.41, 5.74) is 7.24. The molecule has 0 unspecified atom stereocenters. The van der Waals surface area contributed by atoms with E-state index in [0.717, 1.165) is 29.0 Å². The molecule has 0 aromatic heterocycles. The predicted molar refractivity (Wildman–Crippen MR) is 108 cm³/mol. The molecule has 1 aromatic rings. The smallest absolute Gasteiger partial charge is 0.279 e. The molecule has 2 bridgehead atoms. The Hall–Kier alpha value is -2.63. The van der Waals surface area contributed by atoms with Crippen molar-refractivity contribution >= 4 is 17.7 Å². The van der Waals surface area contributed by atoms with Crippen molar-refractivity contribution in [2.24, 2.45) is 23.7 Å². The van der Waals surface area contributed by atoms with Crippen LogP contribution in [-0.4, -0.2) is 28.8 Å². The van der Waals surface area contributed by atoms with Gasteiger partial charge in [0.1, 0.15) is 5.75 Å². The number of allylic oxidation sites excluding steroid dienone is 2. The first kappa shape index (κ1) is 19.7. The summed E-state index contributed by atoms with van der Waals surface area (Å²) in [5.74, 6) is -0.868. The van der Waals surface area contributed by atoms with Crippen LogP contribution in [0.15, 0.2) is 29.3 Å². The van der Waals surface area contributed by atoms with Gasteiger partial charge in [0.05, 0.1) is 11.8 Å². The number of nitrogens with one attached hydrogen (secondary N) is 1. The second-order valence-electron chi connectivity index (χ2n) is 8.79. The molecule has 1 aromatic carbocycles. The highest BCUT2D eigenvalue weighted by Crippen LogP contribution is 2.59. The Morgan fingerprint density at radius 3 is 2.17 bits per heavy atom. The van der Waals surface area contributed by atoms with E-state index in [1.165, 1.54) is 11.1 Å². The highest BCUT2D eigenvalue weighted by molar-refractivity contribution is 6.07. The second kappa shape index (κ2) is 7.01. The first-order valence-electron chi connectivity index (χ1n) is 10.3. The van der Waals surface area contributed by atoms with Crippen LogP contribution in [0.4, 0.5) is 0 Å². The molecule has 6 nitrogen and oxygen atoms in total. The number of hydrogen-bond acceptors (Lipinski definition) is 4. The van der Waals surface area contributed by atoms with E-state index >= 15 is 0 Å². The summed E-state index contributed by atoms with van der Waals surface area (Å²) in [6.07, 6.45) is 1.06. The van der Waals surface area contributed by atoms with Crippen molar-refractivity contribution in [1.82, 2.24) is 10.4 Å². The molecular weight excluding hydrogens is 368 g/mol. The van der Waals surface area contributed by atoms with Crippen LogP contribution in [0.2, 0.25) is 0 Å². The maximum absolute atomic E-state index is 13.0. The minimum absolute atomic E-state index is 0.137. The number of rotatable bonds is 4. The van der Waals surface area contributed by atoms with Crippen molar-refractivity contribution in [3.8, 4) is 5.75 Å². The molecule has 1 aliphatic heterocycles. The maximum Gasteiger partial charge on any atom is 0.279 e. The Balaban J connectivity index is 1.46. The summed E-state index contributed by atoms with van der Waals surface area (Å²) < 4.78 is 5.72. The second-order valence-corrected chi connectivity index (χ2v) is 8.79. The first-order valence-corrected chi connectivity index (χ1v) is 10.3. The van der Waals surface area contributed by atoms with Crippen LogP contribution in [0, 0.1) is 37.5 Å². The quantitative estimate of drug-likeness (QED) is 0.627. The summed E-state index contributed by atoms with van der Waals surface area (Å²) in [7, 11) is 0. The Labute approximate surface area is 171 Å². The van der Waals surface area contributed by atoms with Gasteiger partial charge in [-0.25, -0.2) is 0 Å². The van der Waals surface area contributed by atoms with Gasteiger partial charge in [0.25, 0.3) is 17.7 Å². The number of amides is 3. The van der Waals surface area contributed by atoms with Gasteiger partial charge in [-0.3, -0.25) is 19.8 Å². The average Bonchev–Trinajstić information content (AvgIpc) is 3.30. The van der Waals surface area contributed by atoms with E-state index in [4.69, 9.17) is 4.74 Å². The van der Waals surface area contributed by atoms with Crippen LogP contribution >= 0.6 is 0 Å². The average molecular weight is 396 g/mol. The van der Waals surface area contributed by atoms with E-state index in [1.807, 2.05) is 26.0 Å². The lowest BCUT2D eigenvalue weighted by atomic mass is 9.81. The molecule has 4 rings (SSSR count). The molecule has 3 amide bonds. The molecule has 0 spiro atoms. The number of fused-ring (bicyclic) bond motifs is 5. The highest BCUT2D eigenvalue weighted by Gasteiger charge is 2.63. The zero-order chi connectivity index (χ0) is 21.0. The number of carbonyl (C=O) groups is 3. The van der Waals surface area contributed by atoms with Gasteiger partial charge in [0.15, 0.2) is 6.10 Å². The van der Waals surface area contributed by atoms with Crippen molar-refractivity contribution < 1.29 is 19.1 Å². The predicted octanol–water partition coefficient (Wildman–Crippen LogP) is 3.08. The molecule has 1 heterocycles. The number of benzene rings is 1. The number of carbonyl (C=O) groups excluding carboxylic acids is 3. The Bertz CT molecular complexity index is 899. The minimum atomic E-state index is -0.830. The zero-order valence-corrected chi connectivity index (χ0v) is 17.6. The molecule has 154 valence electrons. The van der Waals surface area contributed by atoms with E-state index in [2.05, 4.69) is 19.3 Å². The largest absolute Gasteiger partial charge is 0.481 e. The van der Waals surface area contributed by atoms with Crippen molar-refractivity contribution in [3.63, 3.8) is 0 Å². The highest BCUT2D eigenvalue weighted by atomic mass is 16.5. The van der Waals surface area contributed by atoms with Crippen LogP contribution < -0.4 is 10.2 Å². The van der Waals surface area contributed by atoms with Gasteiger partial charge >= 0.3 is 0 Å². The van der Waals surface area contributed by atoms with Crippen LogP contribution in [0.25, 0.3) is 0 Å². The maximum atomic E-state index is 13.0. The van der Waals surface area contributed by atoms with Crippen LogP contribution in [-0.2, 0) is 14.4 Å². The molecule has 6 heteroatoms. The topological polar surface area (TPSA) is 75.7 Å². The third-order valence-electron chi connectivity index (χ3n) is 6.81. The molecule has 2 saturated carbocycles. The van der Waals surface area contributed by atoms with Gasteiger partial charge in [0, 0.05) is 0 Å². The first-order chi connectivity index (χ1) is 13.7. The van der Waals surface area contributed by atoms with Crippen LogP contribution in [0.3, 0.4) is 0 Å². The number of nitrogens with zero attached hydrogens (tertiary/aromatic N) is 1. The normalized spacial score (nSPS) is 28.6. The molecule has 2 aliphatic carbocycles. The summed E-state index contributed by atoms with van der Waals surface area (Å²) in [6, 6.07) is 5.61. The Kier molecular flexibility index (Phi) is 4.75. The molecule has 29 heavy (non-hydrogen) atoms. The Morgan fingerprint density at radius 2 is 1.66 bits per heavy atom. The van der Waals surface area contributed by atoms with Gasteiger partial charge in [-0.15, -0.1) is 0 Å². The molecular formula is C23H28N2O4. The van der Waals surface area contributed by atoms with E-state index in [-0.39, 0.29) is 35.5 Å².